The average molecular weight is 352 g/mol. The summed E-state index contributed by atoms with van der Waals surface area (Å²) in [4.78, 5) is 28.1. The van der Waals surface area contributed by atoms with Gasteiger partial charge in [-0.15, -0.1) is 0 Å². The van der Waals surface area contributed by atoms with Crippen LogP contribution in [-0.2, 0) is 16.8 Å². The maximum Gasteiger partial charge on any atom is 0.257 e. The number of carbonyl (C=O) groups excluding carboxylic acids is 2. The van der Waals surface area contributed by atoms with E-state index in [9.17, 15) is 9.59 Å². The van der Waals surface area contributed by atoms with Crippen molar-refractivity contribution >= 4 is 17.5 Å². The summed E-state index contributed by atoms with van der Waals surface area (Å²) in [5.41, 5.74) is 1.87. The normalized spacial score (nSPS) is 24.2. The Morgan fingerprint density at radius 3 is 2.88 bits per heavy atom. The van der Waals surface area contributed by atoms with Crippen LogP contribution in [0.25, 0.3) is 0 Å². The lowest BCUT2D eigenvalue weighted by Crippen LogP contribution is -2.48. The first kappa shape index (κ1) is 16.8. The fourth-order valence-electron chi connectivity index (χ4n) is 4.53. The minimum atomic E-state index is -0.636. The first-order valence-corrected chi connectivity index (χ1v) is 9.36. The molecule has 2 aliphatic rings. The van der Waals surface area contributed by atoms with Gasteiger partial charge in [-0.1, -0.05) is 31.5 Å². The topological polar surface area (TPSA) is 67.2 Å². The van der Waals surface area contributed by atoms with E-state index in [1.807, 2.05) is 36.1 Å². The Labute approximate surface area is 153 Å². The van der Waals surface area contributed by atoms with E-state index in [1.54, 1.807) is 17.1 Å². The maximum absolute atomic E-state index is 13.2. The Balaban J connectivity index is 1.73. The zero-order valence-corrected chi connectivity index (χ0v) is 15.2. The number of rotatable bonds is 4. The molecule has 1 N–H and O–H groups in total. The first-order chi connectivity index (χ1) is 12.6. The molecule has 2 amide bonds. The van der Waals surface area contributed by atoms with Crippen LogP contribution in [0.15, 0.2) is 36.7 Å². The van der Waals surface area contributed by atoms with Gasteiger partial charge in [0, 0.05) is 25.0 Å². The second-order valence-electron chi connectivity index (χ2n) is 7.11. The molecule has 2 aliphatic heterocycles. The van der Waals surface area contributed by atoms with Gasteiger partial charge in [0.2, 0.25) is 5.91 Å². The fraction of sp³-hybridized carbons (Fsp3) is 0.450. The molecule has 0 aliphatic carbocycles. The molecule has 1 spiro atoms. The highest BCUT2D eigenvalue weighted by Gasteiger charge is 2.58. The van der Waals surface area contributed by atoms with E-state index in [1.165, 1.54) is 0 Å². The van der Waals surface area contributed by atoms with Gasteiger partial charge in [0.15, 0.2) is 0 Å². The highest BCUT2D eigenvalue weighted by molar-refractivity contribution is 6.08. The number of aryl methyl sites for hydroxylation is 1. The van der Waals surface area contributed by atoms with E-state index in [2.05, 4.69) is 17.3 Å². The van der Waals surface area contributed by atoms with Crippen molar-refractivity contribution in [3.63, 3.8) is 0 Å². The smallest absolute Gasteiger partial charge is 0.257 e. The first-order valence-electron chi connectivity index (χ1n) is 9.36. The minimum absolute atomic E-state index is 0.0247. The summed E-state index contributed by atoms with van der Waals surface area (Å²) >= 11 is 0. The van der Waals surface area contributed by atoms with Gasteiger partial charge < -0.3 is 10.2 Å². The largest absolute Gasteiger partial charge is 0.334 e. The van der Waals surface area contributed by atoms with E-state index in [4.69, 9.17) is 0 Å². The molecule has 6 nitrogen and oxygen atoms in total. The number of hydrogen-bond donors (Lipinski definition) is 1. The van der Waals surface area contributed by atoms with Crippen molar-refractivity contribution < 1.29 is 9.59 Å². The summed E-state index contributed by atoms with van der Waals surface area (Å²) in [6, 6.07) is 7.75. The predicted molar refractivity (Wildman–Crippen MR) is 99.0 cm³/mol. The number of para-hydroxylation sites is 1. The summed E-state index contributed by atoms with van der Waals surface area (Å²) in [5, 5.41) is 7.27. The minimum Gasteiger partial charge on any atom is -0.334 e. The molecule has 2 atom stereocenters. The number of nitrogens with zero attached hydrogens (tertiary/aromatic N) is 3. The lowest BCUT2D eigenvalue weighted by atomic mass is 9.73. The third-order valence-corrected chi connectivity index (χ3v) is 5.78. The third-order valence-electron chi connectivity index (χ3n) is 5.78. The standard InChI is InChI=1S/C20H24N4O2/c1-3-7-17-20(15-8-5-6-9-16(15)22-19(20)26)10-11-24(17)18(25)14-12-21-23(4-2)13-14/h5-6,8-9,12-13,17H,3-4,7,10-11H2,1-2H3,(H,22,26)/t17-,20+/m0/s1. The molecule has 3 heterocycles. The van der Waals surface area contributed by atoms with Crippen molar-refractivity contribution in [2.75, 3.05) is 11.9 Å². The van der Waals surface area contributed by atoms with Gasteiger partial charge in [-0.3, -0.25) is 14.3 Å². The number of carbonyl (C=O) groups is 2. The molecule has 136 valence electrons. The SMILES string of the molecule is CCC[C@@H]1N(C(=O)c2cnn(CC)c2)CC[C@]12C(=O)Nc1ccccc12. The van der Waals surface area contributed by atoms with Gasteiger partial charge >= 0.3 is 0 Å². The van der Waals surface area contributed by atoms with E-state index < -0.39 is 5.41 Å². The molecule has 6 heteroatoms. The lowest BCUT2D eigenvalue weighted by molar-refractivity contribution is -0.121. The number of nitrogens with one attached hydrogen (secondary N) is 1. The van der Waals surface area contributed by atoms with E-state index in [0.29, 0.717) is 18.5 Å². The van der Waals surface area contributed by atoms with Gasteiger partial charge in [0.1, 0.15) is 0 Å². The Kier molecular flexibility index (Phi) is 4.05. The summed E-state index contributed by atoms with van der Waals surface area (Å²) in [7, 11) is 0. The monoisotopic (exact) mass is 352 g/mol. The van der Waals surface area contributed by atoms with Crippen molar-refractivity contribution in [2.24, 2.45) is 0 Å². The van der Waals surface area contributed by atoms with Crippen LogP contribution in [0.4, 0.5) is 5.69 Å². The predicted octanol–water partition coefficient (Wildman–Crippen LogP) is 2.81. The van der Waals surface area contributed by atoms with Gasteiger partial charge in [-0.2, -0.15) is 5.10 Å². The molecule has 0 unspecified atom stereocenters. The van der Waals surface area contributed by atoms with Crippen LogP contribution in [-0.4, -0.2) is 39.1 Å². The second-order valence-corrected chi connectivity index (χ2v) is 7.11. The van der Waals surface area contributed by atoms with Crippen LogP contribution >= 0.6 is 0 Å². The molecule has 0 saturated carbocycles. The summed E-state index contributed by atoms with van der Waals surface area (Å²) in [5.74, 6) is -0.00564. The zero-order chi connectivity index (χ0) is 18.3. The highest BCUT2D eigenvalue weighted by atomic mass is 16.2. The number of anilines is 1. The van der Waals surface area contributed by atoms with E-state index in [0.717, 1.165) is 30.6 Å². The van der Waals surface area contributed by atoms with Crippen LogP contribution in [0.5, 0.6) is 0 Å². The molecule has 1 aromatic carbocycles. The Morgan fingerprint density at radius 2 is 2.15 bits per heavy atom. The molecular weight excluding hydrogens is 328 g/mol. The second kappa shape index (κ2) is 6.27. The number of fused-ring (bicyclic) bond motifs is 2. The summed E-state index contributed by atoms with van der Waals surface area (Å²) in [6.07, 6.45) is 5.80. The highest BCUT2D eigenvalue weighted by Crippen LogP contribution is 2.49. The molecule has 0 radical (unpaired) electrons. The van der Waals surface area contributed by atoms with Crippen LogP contribution < -0.4 is 5.32 Å². The quantitative estimate of drug-likeness (QED) is 0.920. The Morgan fingerprint density at radius 1 is 1.35 bits per heavy atom. The number of aromatic nitrogens is 2. The molecule has 0 bridgehead atoms. The van der Waals surface area contributed by atoms with Crippen molar-refractivity contribution in [3.05, 3.63) is 47.8 Å². The van der Waals surface area contributed by atoms with Crippen molar-refractivity contribution in [1.29, 1.82) is 0 Å². The number of likely N-dealkylation sites (tertiary alicyclic amines) is 1. The lowest BCUT2D eigenvalue weighted by Gasteiger charge is -2.33. The Hall–Kier alpha value is -2.63. The van der Waals surface area contributed by atoms with E-state index in [-0.39, 0.29) is 17.9 Å². The van der Waals surface area contributed by atoms with Crippen molar-refractivity contribution in [3.8, 4) is 0 Å². The fourth-order valence-corrected chi connectivity index (χ4v) is 4.53. The van der Waals surface area contributed by atoms with Crippen molar-refractivity contribution in [2.45, 2.75) is 51.1 Å². The van der Waals surface area contributed by atoms with Crippen LogP contribution in [0.1, 0.15) is 49.0 Å². The maximum atomic E-state index is 13.2. The molecular formula is C20H24N4O2. The van der Waals surface area contributed by atoms with Gasteiger partial charge in [-0.25, -0.2) is 0 Å². The molecule has 2 aromatic rings. The third kappa shape index (κ3) is 2.28. The van der Waals surface area contributed by atoms with Crippen molar-refractivity contribution in [1.82, 2.24) is 14.7 Å². The van der Waals surface area contributed by atoms with Crippen LogP contribution in [0.3, 0.4) is 0 Å². The molecule has 1 aromatic heterocycles. The number of hydrogen-bond acceptors (Lipinski definition) is 3. The molecule has 4 rings (SSSR count). The summed E-state index contributed by atoms with van der Waals surface area (Å²) in [6.45, 7) is 5.41. The van der Waals surface area contributed by atoms with E-state index >= 15 is 0 Å². The summed E-state index contributed by atoms with van der Waals surface area (Å²) < 4.78 is 1.76. The van der Waals surface area contributed by atoms with Crippen LogP contribution in [0, 0.1) is 0 Å². The van der Waals surface area contributed by atoms with Gasteiger partial charge in [0.25, 0.3) is 5.91 Å². The zero-order valence-electron chi connectivity index (χ0n) is 15.2. The molecule has 1 saturated heterocycles. The van der Waals surface area contributed by atoms with Crippen LogP contribution in [0.2, 0.25) is 0 Å². The number of amides is 2. The van der Waals surface area contributed by atoms with Gasteiger partial charge in [0.05, 0.1) is 23.2 Å². The Bertz CT molecular complexity index is 859. The number of benzene rings is 1. The average Bonchev–Trinajstić information content (AvgIpc) is 3.34. The molecule has 1 fully saturated rings. The molecule has 26 heavy (non-hydrogen) atoms. The van der Waals surface area contributed by atoms with Gasteiger partial charge in [-0.05, 0) is 31.4 Å².